The molecule has 1 heterocycles. The van der Waals surface area contributed by atoms with Crippen LogP contribution < -0.4 is 5.73 Å². The van der Waals surface area contributed by atoms with Crippen molar-refractivity contribution in [1.82, 2.24) is 4.90 Å². The Balaban J connectivity index is 2.83. The van der Waals surface area contributed by atoms with Gasteiger partial charge in [0.1, 0.15) is 6.54 Å². The Kier molecular flexibility index (Phi) is 3.26. The van der Waals surface area contributed by atoms with Crippen LogP contribution in [0, 0.1) is 0 Å². The summed E-state index contributed by atoms with van der Waals surface area (Å²) >= 11 is 0. The van der Waals surface area contributed by atoms with Crippen molar-refractivity contribution in [3.8, 4) is 0 Å². The highest BCUT2D eigenvalue weighted by Crippen LogP contribution is 2.34. The molecule has 0 aliphatic carbocycles. The number of likely N-dealkylation sites (tertiary alicyclic amines) is 1. The summed E-state index contributed by atoms with van der Waals surface area (Å²) in [6.45, 7) is 1.58. The number of hydrogen-bond acceptors (Lipinski definition) is 3. The summed E-state index contributed by atoms with van der Waals surface area (Å²) in [5.41, 5.74) is 3.72. The van der Waals surface area contributed by atoms with E-state index < -0.39 is 36.4 Å². The summed E-state index contributed by atoms with van der Waals surface area (Å²) in [5, 5.41) is 0. The van der Waals surface area contributed by atoms with Crippen molar-refractivity contribution < 1.29 is 27.5 Å². The fraction of sp³-hybridized carbons (Fsp3) is 0.778. The van der Waals surface area contributed by atoms with Crippen LogP contribution in [0.2, 0.25) is 0 Å². The first-order valence-electron chi connectivity index (χ1n) is 4.87. The topological polar surface area (TPSA) is 72.6 Å². The van der Waals surface area contributed by atoms with Crippen LogP contribution in [-0.2, 0) is 9.53 Å². The zero-order chi connectivity index (χ0) is 13.4. The molecule has 0 aromatic heterocycles. The molecule has 1 rings (SSSR count). The number of primary amides is 1. The number of ether oxygens (including phenoxy) is 1. The lowest BCUT2D eigenvalue weighted by atomic mass is 10.0. The first kappa shape index (κ1) is 13.6. The highest BCUT2D eigenvalue weighted by Gasteiger charge is 2.50. The number of nitrogens with two attached hydrogens (primary N) is 1. The zero-order valence-corrected chi connectivity index (χ0v) is 9.37. The first-order chi connectivity index (χ1) is 7.53. The molecular formula is C9H13F3N2O3. The van der Waals surface area contributed by atoms with Gasteiger partial charge in [-0.1, -0.05) is 0 Å². The van der Waals surface area contributed by atoms with E-state index in [1.165, 1.54) is 13.8 Å². The minimum absolute atomic E-state index is 0.00907. The van der Waals surface area contributed by atoms with E-state index in [4.69, 9.17) is 5.73 Å². The number of nitrogens with zero attached hydrogens (tertiary/aromatic N) is 1. The van der Waals surface area contributed by atoms with Gasteiger partial charge in [0.15, 0.2) is 6.10 Å². The van der Waals surface area contributed by atoms with Gasteiger partial charge in [0.25, 0.3) is 5.91 Å². The van der Waals surface area contributed by atoms with Crippen molar-refractivity contribution in [2.24, 2.45) is 5.73 Å². The van der Waals surface area contributed by atoms with E-state index in [-0.39, 0.29) is 6.42 Å². The third kappa shape index (κ3) is 3.24. The number of halogens is 3. The van der Waals surface area contributed by atoms with E-state index in [2.05, 4.69) is 4.74 Å². The second-order valence-electron chi connectivity index (χ2n) is 4.48. The molecule has 0 saturated carbocycles. The van der Waals surface area contributed by atoms with E-state index in [0.717, 1.165) is 0 Å². The summed E-state index contributed by atoms with van der Waals surface area (Å²) in [7, 11) is 0. The Morgan fingerprint density at radius 2 is 2.12 bits per heavy atom. The molecule has 0 bridgehead atoms. The quantitative estimate of drug-likeness (QED) is 0.799. The maximum Gasteiger partial charge on any atom is 0.406 e. The maximum atomic E-state index is 12.3. The second-order valence-corrected chi connectivity index (χ2v) is 4.48. The summed E-state index contributed by atoms with van der Waals surface area (Å²) in [5.74, 6) is -0.869. The van der Waals surface area contributed by atoms with Gasteiger partial charge >= 0.3 is 12.3 Å². The number of carbonyl (C=O) groups excluding carboxylic acids is 2. The molecule has 2 amide bonds. The van der Waals surface area contributed by atoms with Gasteiger partial charge in [-0.3, -0.25) is 4.79 Å². The van der Waals surface area contributed by atoms with Crippen molar-refractivity contribution >= 4 is 12.0 Å². The van der Waals surface area contributed by atoms with Gasteiger partial charge in [-0.15, -0.1) is 0 Å². The molecule has 1 atom stereocenters. The monoisotopic (exact) mass is 254 g/mol. The van der Waals surface area contributed by atoms with E-state index in [0.29, 0.717) is 4.90 Å². The average molecular weight is 254 g/mol. The highest BCUT2D eigenvalue weighted by molar-refractivity contribution is 5.86. The Morgan fingerprint density at radius 3 is 2.53 bits per heavy atom. The smallest absolute Gasteiger partial charge is 0.406 e. The van der Waals surface area contributed by atoms with Crippen molar-refractivity contribution in [3.05, 3.63) is 0 Å². The first-order valence-corrected chi connectivity index (χ1v) is 4.87. The van der Waals surface area contributed by atoms with Crippen LogP contribution in [0.1, 0.15) is 20.3 Å². The van der Waals surface area contributed by atoms with Crippen LogP contribution in [-0.4, -0.2) is 41.3 Å². The minimum Gasteiger partial charge on any atom is -0.436 e. The Labute approximate surface area is 95.7 Å². The minimum atomic E-state index is -4.49. The van der Waals surface area contributed by atoms with Crippen molar-refractivity contribution in [1.29, 1.82) is 0 Å². The Morgan fingerprint density at radius 1 is 1.59 bits per heavy atom. The van der Waals surface area contributed by atoms with Crippen LogP contribution in [0.25, 0.3) is 0 Å². The number of hydrogen-bond donors (Lipinski definition) is 1. The normalized spacial score (nSPS) is 23.9. The highest BCUT2D eigenvalue weighted by atomic mass is 19.4. The molecule has 1 aliphatic heterocycles. The molecule has 1 saturated heterocycles. The van der Waals surface area contributed by atoms with Gasteiger partial charge in [-0.05, 0) is 13.8 Å². The van der Waals surface area contributed by atoms with Crippen LogP contribution in [0.3, 0.4) is 0 Å². The molecule has 2 N–H and O–H groups in total. The molecular weight excluding hydrogens is 241 g/mol. The van der Waals surface area contributed by atoms with E-state index in [9.17, 15) is 22.8 Å². The lowest BCUT2D eigenvalue weighted by Gasteiger charge is -2.31. The van der Waals surface area contributed by atoms with E-state index in [1.807, 2.05) is 0 Å². The van der Waals surface area contributed by atoms with Crippen LogP contribution in [0.15, 0.2) is 0 Å². The molecule has 1 fully saturated rings. The maximum absolute atomic E-state index is 12.3. The average Bonchev–Trinajstić information content (AvgIpc) is 2.25. The SMILES string of the molecule is CC1(C)C[C@H](OC(N)=O)C(=O)N1CC(F)(F)F. The summed E-state index contributed by atoms with van der Waals surface area (Å²) < 4.78 is 41.3. The summed E-state index contributed by atoms with van der Waals surface area (Å²) in [6.07, 6.45) is -6.91. The van der Waals surface area contributed by atoms with E-state index in [1.54, 1.807) is 0 Å². The van der Waals surface area contributed by atoms with Crippen molar-refractivity contribution in [2.45, 2.75) is 38.1 Å². The molecule has 1 aliphatic rings. The molecule has 0 radical (unpaired) electrons. The zero-order valence-electron chi connectivity index (χ0n) is 9.37. The van der Waals surface area contributed by atoms with Gasteiger partial charge in [-0.2, -0.15) is 13.2 Å². The summed E-state index contributed by atoms with van der Waals surface area (Å²) in [4.78, 5) is 22.8. The lowest BCUT2D eigenvalue weighted by Crippen LogP contribution is -2.46. The third-order valence-corrected chi connectivity index (χ3v) is 2.55. The molecule has 98 valence electrons. The molecule has 0 aromatic carbocycles. The molecule has 0 aromatic rings. The number of rotatable bonds is 2. The Hall–Kier alpha value is -1.47. The van der Waals surface area contributed by atoms with Crippen LogP contribution >= 0.6 is 0 Å². The third-order valence-electron chi connectivity index (χ3n) is 2.55. The van der Waals surface area contributed by atoms with Gasteiger partial charge < -0.3 is 15.4 Å². The number of alkyl halides is 3. The van der Waals surface area contributed by atoms with Gasteiger partial charge in [0.05, 0.1) is 0 Å². The molecule has 17 heavy (non-hydrogen) atoms. The lowest BCUT2D eigenvalue weighted by molar-refractivity contribution is -0.167. The Bertz CT molecular complexity index is 341. The second kappa shape index (κ2) is 4.08. The largest absolute Gasteiger partial charge is 0.436 e. The van der Waals surface area contributed by atoms with Crippen molar-refractivity contribution in [2.75, 3.05) is 6.54 Å². The summed E-state index contributed by atoms with van der Waals surface area (Å²) in [6, 6.07) is 0. The molecule has 5 nitrogen and oxygen atoms in total. The predicted molar refractivity (Wildman–Crippen MR) is 50.9 cm³/mol. The fourth-order valence-electron chi connectivity index (χ4n) is 1.83. The van der Waals surface area contributed by atoms with Gasteiger partial charge in [0.2, 0.25) is 0 Å². The van der Waals surface area contributed by atoms with Crippen LogP contribution in [0.5, 0.6) is 0 Å². The number of carbonyl (C=O) groups is 2. The predicted octanol–water partition coefficient (Wildman–Crippen LogP) is 1.02. The molecule has 0 unspecified atom stereocenters. The van der Waals surface area contributed by atoms with Crippen molar-refractivity contribution in [3.63, 3.8) is 0 Å². The van der Waals surface area contributed by atoms with E-state index >= 15 is 0 Å². The fourth-order valence-corrected chi connectivity index (χ4v) is 1.83. The standard InChI is InChI=1S/C9H13F3N2O3/c1-8(2)3-5(17-7(13)16)6(15)14(8)4-9(10,11)12/h5H,3-4H2,1-2H3,(H2,13,16)/t5-/m0/s1. The number of amides is 2. The molecule has 0 spiro atoms. The van der Waals surface area contributed by atoms with Gasteiger partial charge in [-0.25, -0.2) is 4.79 Å². The van der Waals surface area contributed by atoms with Gasteiger partial charge in [0, 0.05) is 12.0 Å². The molecule has 8 heteroatoms. The van der Waals surface area contributed by atoms with Crippen LogP contribution in [0.4, 0.5) is 18.0 Å².